The summed E-state index contributed by atoms with van der Waals surface area (Å²) in [6, 6.07) is 6.81. The summed E-state index contributed by atoms with van der Waals surface area (Å²) < 4.78 is 27.1. The molecule has 144 valence electrons. The van der Waals surface area contributed by atoms with Gasteiger partial charge in [-0.1, -0.05) is 31.0 Å². The molecule has 0 bridgehead atoms. The molecule has 26 heavy (non-hydrogen) atoms. The molecule has 0 saturated carbocycles. The van der Waals surface area contributed by atoms with E-state index in [1.165, 1.54) is 4.31 Å². The van der Waals surface area contributed by atoms with E-state index in [4.69, 9.17) is 0 Å². The lowest BCUT2D eigenvalue weighted by molar-refractivity contribution is -0.126. The van der Waals surface area contributed by atoms with Crippen LogP contribution in [0.25, 0.3) is 0 Å². The Morgan fingerprint density at radius 3 is 2.65 bits per heavy atom. The Morgan fingerprint density at radius 2 is 2.00 bits per heavy atom. The van der Waals surface area contributed by atoms with E-state index in [9.17, 15) is 13.2 Å². The average Bonchev–Trinajstić information content (AvgIpc) is 2.64. The van der Waals surface area contributed by atoms with Crippen molar-refractivity contribution < 1.29 is 13.2 Å². The average molecular weight is 380 g/mol. The van der Waals surface area contributed by atoms with Gasteiger partial charge in [0.15, 0.2) is 0 Å². The molecule has 1 aromatic rings. The molecule has 0 aromatic heterocycles. The van der Waals surface area contributed by atoms with E-state index in [2.05, 4.69) is 17.5 Å². The molecule has 1 N–H and O–H groups in total. The first-order chi connectivity index (χ1) is 12.3. The maximum Gasteiger partial charge on any atom is 0.244 e. The summed E-state index contributed by atoms with van der Waals surface area (Å²) in [5.74, 6) is -0.573. The van der Waals surface area contributed by atoms with Crippen molar-refractivity contribution in [3.05, 3.63) is 29.8 Å². The molecule has 0 unspecified atom stereocenters. The standard InChI is InChI=1S/C19H29N3O3S/c1-4-5-7-16(3)20-21-19(23)17-8-6-13-22(14-17)26(24,25)18-11-9-15(2)10-12-18/h9-12,17H,4-8,13-14H2,1-3H3,(H,21,23)/b20-16-/t17-/m1/s1. The van der Waals surface area contributed by atoms with E-state index >= 15 is 0 Å². The van der Waals surface area contributed by atoms with E-state index in [1.807, 2.05) is 13.8 Å². The van der Waals surface area contributed by atoms with Crippen LogP contribution in [-0.4, -0.2) is 37.4 Å². The Balaban J connectivity index is 2.02. The van der Waals surface area contributed by atoms with Gasteiger partial charge in [0.2, 0.25) is 15.9 Å². The van der Waals surface area contributed by atoms with Gasteiger partial charge in [0, 0.05) is 18.8 Å². The first kappa shape index (κ1) is 20.6. The van der Waals surface area contributed by atoms with Crippen LogP contribution in [-0.2, 0) is 14.8 Å². The first-order valence-corrected chi connectivity index (χ1v) is 10.7. The zero-order valence-electron chi connectivity index (χ0n) is 15.9. The summed E-state index contributed by atoms with van der Waals surface area (Å²) >= 11 is 0. The predicted molar refractivity (Wildman–Crippen MR) is 103 cm³/mol. The molecule has 2 rings (SSSR count). The van der Waals surface area contributed by atoms with Crippen LogP contribution in [0.4, 0.5) is 0 Å². The predicted octanol–water partition coefficient (Wildman–Crippen LogP) is 3.08. The van der Waals surface area contributed by atoms with Gasteiger partial charge in [-0.15, -0.1) is 0 Å². The Morgan fingerprint density at radius 1 is 1.31 bits per heavy atom. The molecule has 1 aliphatic rings. The van der Waals surface area contributed by atoms with Gasteiger partial charge in [-0.05, 0) is 51.7 Å². The quantitative estimate of drug-likeness (QED) is 0.584. The van der Waals surface area contributed by atoms with Crippen LogP contribution in [0.15, 0.2) is 34.3 Å². The highest BCUT2D eigenvalue weighted by Crippen LogP contribution is 2.24. The molecule has 1 amide bonds. The van der Waals surface area contributed by atoms with Crippen molar-refractivity contribution in [3.8, 4) is 0 Å². The molecular formula is C19H29N3O3S. The molecule has 0 spiro atoms. The van der Waals surface area contributed by atoms with Crippen molar-refractivity contribution in [1.82, 2.24) is 9.73 Å². The van der Waals surface area contributed by atoms with Gasteiger partial charge in [0.1, 0.15) is 0 Å². The Bertz CT molecular complexity index is 742. The number of carbonyl (C=O) groups is 1. The zero-order valence-corrected chi connectivity index (χ0v) is 16.7. The Kier molecular flexibility index (Phi) is 7.34. The van der Waals surface area contributed by atoms with Gasteiger partial charge in [-0.25, -0.2) is 13.8 Å². The monoisotopic (exact) mass is 379 g/mol. The number of aryl methyl sites for hydroxylation is 1. The van der Waals surface area contributed by atoms with E-state index < -0.39 is 10.0 Å². The summed E-state index contributed by atoms with van der Waals surface area (Å²) in [5.41, 5.74) is 4.51. The molecule has 1 fully saturated rings. The van der Waals surface area contributed by atoms with Crippen LogP contribution in [0.3, 0.4) is 0 Å². The van der Waals surface area contributed by atoms with Crippen LogP contribution in [0.2, 0.25) is 0 Å². The maximum absolute atomic E-state index is 12.8. The summed E-state index contributed by atoms with van der Waals surface area (Å²) in [5, 5.41) is 4.14. The minimum Gasteiger partial charge on any atom is -0.273 e. The number of unbranched alkanes of at least 4 members (excludes halogenated alkanes) is 1. The molecule has 1 aromatic carbocycles. The van der Waals surface area contributed by atoms with Crippen molar-refractivity contribution in [3.63, 3.8) is 0 Å². The number of hydrazone groups is 1. The lowest BCUT2D eigenvalue weighted by Crippen LogP contribution is -2.44. The van der Waals surface area contributed by atoms with Gasteiger partial charge in [-0.2, -0.15) is 9.41 Å². The van der Waals surface area contributed by atoms with E-state index in [0.29, 0.717) is 19.4 Å². The highest BCUT2D eigenvalue weighted by atomic mass is 32.2. The fourth-order valence-corrected chi connectivity index (χ4v) is 4.49. The van der Waals surface area contributed by atoms with Crippen LogP contribution >= 0.6 is 0 Å². The molecule has 7 heteroatoms. The number of sulfonamides is 1. The normalized spacial score (nSPS) is 19.3. The van der Waals surface area contributed by atoms with Gasteiger partial charge >= 0.3 is 0 Å². The Labute approximate surface area is 156 Å². The summed E-state index contributed by atoms with van der Waals surface area (Å²) in [6.07, 6.45) is 4.32. The molecule has 1 atom stereocenters. The molecular weight excluding hydrogens is 350 g/mol. The number of nitrogens with one attached hydrogen (secondary N) is 1. The number of nitrogens with zero attached hydrogens (tertiary/aromatic N) is 2. The van der Waals surface area contributed by atoms with Crippen LogP contribution < -0.4 is 5.43 Å². The van der Waals surface area contributed by atoms with Gasteiger partial charge in [-0.3, -0.25) is 4.79 Å². The van der Waals surface area contributed by atoms with Crippen LogP contribution in [0, 0.1) is 12.8 Å². The molecule has 0 aliphatic carbocycles. The van der Waals surface area contributed by atoms with Crippen molar-refractivity contribution in [1.29, 1.82) is 0 Å². The lowest BCUT2D eigenvalue weighted by Gasteiger charge is -2.30. The number of piperidine rings is 1. The zero-order chi connectivity index (χ0) is 19.2. The summed E-state index contributed by atoms with van der Waals surface area (Å²) in [7, 11) is -3.57. The molecule has 1 heterocycles. The topological polar surface area (TPSA) is 78.8 Å². The second-order valence-corrected chi connectivity index (χ2v) is 8.88. The van der Waals surface area contributed by atoms with Crippen LogP contribution in [0.1, 0.15) is 51.5 Å². The van der Waals surface area contributed by atoms with E-state index in [0.717, 1.165) is 30.5 Å². The number of benzene rings is 1. The minimum atomic E-state index is -3.57. The second-order valence-electron chi connectivity index (χ2n) is 6.94. The minimum absolute atomic E-state index is 0.200. The number of amides is 1. The van der Waals surface area contributed by atoms with Crippen LogP contribution in [0.5, 0.6) is 0 Å². The Hall–Kier alpha value is -1.73. The largest absolute Gasteiger partial charge is 0.273 e. The third kappa shape index (κ3) is 5.38. The summed E-state index contributed by atoms with van der Waals surface area (Å²) in [6.45, 7) is 6.56. The summed E-state index contributed by atoms with van der Waals surface area (Å²) in [4.78, 5) is 12.7. The van der Waals surface area contributed by atoms with Gasteiger partial charge in [0.25, 0.3) is 0 Å². The number of rotatable bonds is 7. The SMILES string of the molecule is CCCC/C(C)=N\NC(=O)[C@@H]1CCCN(S(=O)(=O)c2ccc(C)cc2)C1. The maximum atomic E-state index is 12.8. The highest BCUT2D eigenvalue weighted by Gasteiger charge is 2.33. The third-order valence-corrected chi connectivity index (χ3v) is 6.54. The molecule has 1 saturated heterocycles. The lowest BCUT2D eigenvalue weighted by atomic mass is 9.99. The van der Waals surface area contributed by atoms with Crippen molar-refractivity contribution in [2.45, 2.75) is 57.8 Å². The number of hydrogen-bond acceptors (Lipinski definition) is 4. The second kappa shape index (κ2) is 9.28. The molecule has 0 radical (unpaired) electrons. The highest BCUT2D eigenvalue weighted by molar-refractivity contribution is 7.89. The van der Waals surface area contributed by atoms with Crippen molar-refractivity contribution >= 4 is 21.6 Å². The van der Waals surface area contributed by atoms with Crippen molar-refractivity contribution in [2.75, 3.05) is 13.1 Å². The smallest absolute Gasteiger partial charge is 0.244 e. The van der Waals surface area contributed by atoms with E-state index in [-0.39, 0.29) is 23.3 Å². The van der Waals surface area contributed by atoms with Gasteiger partial charge in [0.05, 0.1) is 10.8 Å². The molecule has 6 nitrogen and oxygen atoms in total. The third-order valence-electron chi connectivity index (χ3n) is 4.66. The molecule has 1 aliphatic heterocycles. The fourth-order valence-electron chi connectivity index (χ4n) is 2.96. The fraction of sp³-hybridized carbons (Fsp3) is 0.579. The first-order valence-electron chi connectivity index (χ1n) is 9.24. The van der Waals surface area contributed by atoms with Crippen molar-refractivity contribution in [2.24, 2.45) is 11.0 Å². The number of hydrogen-bond donors (Lipinski definition) is 1. The number of carbonyl (C=O) groups excluding carboxylic acids is 1. The van der Waals surface area contributed by atoms with E-state index in [1.54, 1.807) is 24.3 Å². The van der Waals surface area contributed by atoms with Gasteiger partial charge < -0.3 is 0 Å².